The Bertz CT molecular complexity index is 918. The molecule has 0 spiro atoms. The van der Waals surface area contributed by atoms with Crippen molar-refractivity contribution in [2.45, 2.75) is 26.5 Å². The van der Waals surface area contributed by atoms with Crippen molar-refractivity contribution < 1.29 is 13.9 Å². The predicted octanol–water partition coefficient (Wildman–Crippen LogP) is 5.79. The van der Waals surface area contributed by atoms with E-state index in [1.54, 1.807) is 24.3 Å². The van der Waals surface area contributed by atoms with E-state index in [0.29, 0.717) is 35.2 Å². The van der Waals surface area contributed by atoms with Crippen LogP contribution < -0.4 is 14.8 Å². The van der Waals surface area contributed by atoms with E-state index in [2.05, 4.69) is 17.4 Å². The third-order valence-corrected chi connectivity index (χ3v) is 4.85. The summed E-state index contributed by atoms with van der Waals surface area (Å²) < 4.78 is 25.4. The molecule has 0 fully saturated rings. The minimum absolute atomic E-state index is 0.109. The Labute approximate surface area is 176 Å². The average molecular weight is 414 g/mol. The Hall–Kier alpha value is -2.56. The molecule has 0 atom stereocenters. The first-order valence-corrected chi connectivity index (χ1v) is 10.1. The summed E-state index contributed by atoms with van der Waals surface area (Å²) in [6, 6.07) is 20.5. The molecule has 152 valence electrons. The van der Waals surface area contributed by atoms with Gasteiger partial charge in [0.1, 0.15) is 12.4 Å². The van der Waals surface area contributed by atoms with Crippen molar-refractivity contribution in [1.29, 1.82) is 0 Å². The second-order valence-electron chi connectivity index (χ2n) is 6.62. The van der Waals surface area contributed by atoms with E-state index in [1.165, 1.54) is 11.6 Å². The number of rotatable bonds is 10. The van der Waals surface area contributed by atoms with Gasteiger partial charge in [0.2, 0.25) is 0 Å². The fourth-order valence-corrected chi connectivity index (χ4v) is 3.19. The lowest BCUT2D eigenvalue weighted by molar-refractivity contribution is 0.265. The molecule has 0 bridgehead atoms. The van der Waals surface area contributed by atoms with Crippen LogP contribution in [0.1, 0.15) is 23.6 Å². The fraction of sp³-hybridized carbons (Fsp3) is 0.250. The first kappa shape index (κ1) is 21.2. The van der Waals surface area contributed by atoms with Crippen LogP contribution in [0.3, 0.4) is 0 Å². The molecule has 1 N–H and O–H groups in total. The molecule has 3 aromatic carbocycles. The zero-order chi connectivity index (χ0) is 20.5. The molecule has 5 heteroatoms. The van der Waals surface area contributed by atoms with E-state index in [9.17, 15) is 4.39 Å². The second-order valence-corrected chi connectivity index (χ2v) is 7.02. The molecule has 0 aliphatic heterocycles. The number of hydrogen-bond donors (Lipinski definition) is 1. The van der Waals surface area contributed by atoms with Gasteiger partial charge in [-0.3, -0.25) is 0 Å². The van der Waals surface area contributed by atoms with E-state index < -0.39 is 0 Å². The van der Waals surface area contributed by atoms with Gasteiger partial charge in [-0.25, -0.2) is 4.39 Å². The van der Waals surface area contributed by atoms with Crippen LogP contribution in [-0.4, -0.2) is 13.2 Å². The predicted molar refractivity (Wildman–Crippen MR) is 115 cm³/mol. The van der Waals surface area contributed by atoms with Crippen LogP contribution in [0.5, 0.6) is 11.5 Å². The van der Waals surface area contributed by atoms with Gasteiger partial charge in [-0.1, -0.05) is 60.1 Å². The van der Waals surface area contributed by atoms with Crippen LogP contribution in [-0.2, 0) is 19.6 Å². The summed E-state index contributed by atoms with van der Waals surface area (Å²) in [6.45, 7) is 3.98. The summed E-state index contributed by atoms with van der Waals surface area (Å²) >= 11 is 6.46. The van der Waals surface area contributed by atoms with Gasteiger partial charge in [0, 0.05) is 23.2 Å². The third-order valence-electron chi connectivity index (χ3n) is 4.50. The molecule has 0 aromatic heterocycles. The standard InChI is InChI=1S/C24H25ClFNO2/c1-2-28-23-14-20(16-27-13-12-18-8-4-3-5-9-18)21(25)15-24(23)29-17-19-10-6-7-11-22(19)26/h3-11,14-15,27H,2,12-13,16-17H2,1H3. The molecule has 0 aliphatic rings. The smallest absolute Gasteiger partial charge is 0.163 e. The lowest BCUT2D eigenvalue weighted by atomic mass is 10.1. The summed E-state index contributed by atoms with van der Waals surface area (Å²) in [7, 11) is 0. The Morgan fingerprint density at radius 3 is 2.38 bits per heavy atom. The van der Waals surface area contributed by atoms with Crippen molar-refractivity contribution in [3.05, 3.63) is 94.3 Å². The minimum Gasteiger partial charge on any atom is -0.490 e. The second kappa shape index (κ2) is 10.8. The molecule has 0 saturated carbocycles. The molecule has 3 aromatic rings. The summed E-state index contributed by atoms with van der Waals surface area (Å²) in [5.74, 6) is 0.817. The van der Waals surface area contributed by atoms with Crippen molar-refractivity contribution in [2.75, 3.05) is 13.2 Å². The van der Waals surface area contributed by atoms with Gasteiger partial charge in [0.15, 0.2) is 11.5 Å². The lowest BCUT2D eigenvalue weighted by Gasteiger charge is -2.15. The van der Waals surface area contributed by atoms with Crippen molar-refractivity contribution >= 4 is 11.6 Å². The van der Waals surface area contributed by atoms with Gasteiger partial charge < -0.3 is 14.8 Å². The first-order valence-electron chi connectivity index (χ1n) is 9.73. The van der Waals surface area contributed by atoms with E-state index in [1.807, 2.05) is 31.2 Å². The van der Waals surface area contributed by atoms with Crippen molar-refractivity contribution in [3.8, 4) is 11.5 Å². The summed E-state index contributed by atoms with van der Waals surface area (Å²) in [6.07, 6.45) is 0.945. The van der Waals surface area contributed by atoms with E-state index >= 15 is 0 Å². The average Bonchev–Trinajstić information content (AvgIpc) is 2.74. The molecule has 3 nitrogen and oxygen atoms in total. The summed E-state index contributed by atoms with van der Waals surface area (Å²) in [4.78, 5) is 0. The highest BCUT2D eigenvalue weighted by Crippen LogP contribution is 2.34. The molecule has 0 radical (unpaired) electrons. The van der Waals surface area contributed by atoms with Crippen LogP contribution in [0.2, 0.25) is 5.02 Å². The van der Waals surface area contributed by atoms with Crippen molar-refractivity contribution in [1.82, 2.24) is 5.32 Å². The maximum absolute atomic E-state index is 13.8. The maximum Gasteiger partial charge on any atom is 0.163 e. The number of benzene rings is 3. The molecule has 0 amide bonds. The van der Waals surface area contributed by atoms with Gasteiger partial charge >= 0.3 is 0 Å². The SMILES string of the molecule is CCOc1cc(CNCCc2ccccc2)c(Cl)cc1OCc1ccccc1F. The first-order chi connectivity index (χ1) is 14.2. The molecule has 0 saturated heterocycles. The van der Waals surface area contributed by atoms with Crippen molar-refractivity contribution in [2.24, 2.45) is 0 Å². The third kappa shape index (κ3) is 6.21. The summed E-state index contributed by atoms with van der Waals surface area (Å²) in [5, 5.41) is 4.00. The largest absolute Gasteiger partial charge is 0.490 e. The van der Waals surface area contributed by atoms with Gasteiger partial charge in [-0.2, -0.15) is 0 Å². The lowest BCUT2D eigenvalue weighted by Crippen LogP contribution is -2.17. The highest BCUT2D eigenvalue weighted by Gasteiger charge is 2.12. The Balaban J connectivity index is 1.63. The molecule has 3 rings (SSSR count). The summed E-state index contributed by atoms with van der Waals surface area (Å²) in [5.41, 5.74) is 2.71. The van der Waals surface area contributed by atoms with Crippen LogP contribution in [0.25, 0.3) is 0 Å². The van der Waals surface area contributed by atoms with Crippen LogP contribution in [0, 0.1) is 5.82 Å². The molecule has 0 aliphatic carbocycles. The highest BCUT2D eigenvalue weighted by atomic mass is 35.5. The van der Waals surface area contributed by atoms with E-state index in [-0.39, 0.29) is 12.4 Å². The van der Waals surface area contributed by atoms with Gasteiger partial charge in [-0.05, 0) is 43.1 Å². The number of hydrogen-bond acceptors (Lipinski definition) is 3. The van der Waals surface area contributed by atoms with Crippen LogP contribution >= 0.6 is 11.6 Å². The number of nitrogens with one attached hydrogen (secondary N) is 1. The highest BCUT2D eigenvalue weighted by molar-refractivity contribution is 6.31. The Kier molecular flexibility index (Phi) is 7.91. The molecule has 0 unspecified atom stereocenters. The normalized spacial score (nSPS) is 10.7. The van der Waals surface area contributed by atoms with E-state index in [4.69, 9.17) is 21.1 Å². The van der Waals surface area contributed by atoms with Gasteiger partial charge in [-0.15, -0.1) is 0 Å². The minimum atomic E-state index is -0.296. The van der Waals surface area contributed by atoms with Crippen molar-refractivity contribution in [3.63, 3.8) is 0 Å². The number of ether oxygens (including phenoxy) is 2. The molecular weight excluding hydrogens is 389 g/mol. The maximum atomic E-state index is 13.8. The zero-order valence-electron chi connectivity index (χ0n) is 16.5. The Morgan fingerprint density at radius 2 is 1.62 bits per heavy atom. The molecule has 29 heavy (non-hydrogen) atoms. The quantitative estimate of drug-likeness (QED) is 0.427. The topological polar surface area (TPSA) is 30.5 Å². The van der Waals surface area contributed by atoms with E-state index in [0.717, 1.165) is 18.5 Å². The Morgan fingerprint density at radius 1 is 0.897 bits per heavy atom. The van der Waals surface area contributed by atoms with Crippen LogP contribution in [0.15, 0.2) is 66.7 Å². The molecule has 0 heterocycles. The zero-order valence-corrected chi connectivity index (χ0v) is 17.2. The fourth-order valence-electron chi connectivity index (χ4n) is 2.97. The monoisotopic (exact) mass is 413 g/mol. The van der Waals surface area contributed by atoms with Gasteiger partial charge in [0.05, 0.1) is 6.61 Å². The number of halogens is 2. The molecular formula is C24H25ClFNO2. The van der Waals surface area contributed by atoms with Gasteiger partial charge in [0.25, 0.3) is 0 Å². The van der Waals surface area contributed by atoms with Crippen LogP contribution in [0.4, 0.5) is 4.39 Å².